The number of nitrogens with one attached hydrogen (secondary N) is 1. The first-order chi connectivity index (χ1) is 29.8. The predicted octanol–water partition coefficient (Wildman–Crippen LogP) is 4.52. The van der Waals surface area contributed by atoms with Crippen LogP contribution in [0.15, 0.2) is 102 Å². The molecule has 1 saturated carbocycles. The molecule has 6 rings (SSSR count). The summed E-state index contributed by atoms with van der Waals surface area (Å²) in [6.45, 7) is 8.38. The number of benzene rings is 3. The molecule has 0 unspecified atom stereocenters. The molecule has 15 heteroatoms. The normalized spacial score (nSPS) is 26.9. The van der Waals surface area contributed by atoms with Crippen molar-refractivity contribution in [3.05, 3.63) is 119 Å². The monoisotopic (exact) mass is 869 g/mol. The van der Waals surface area contributed by atoms with Gasteiger partial charge in [0.2, 0.25) is 0 Å². The van der Waals surface area contributed by atoms with Gasteiger partial charge < -0.3 is 44.3 Å². The van der Waals surface area contributed by atoms with E-state index in [0.717, 1.165) is 6.92 Å². The topological polar surface area (TPSA) is 221 Å². The number of carbonyl (C=O) groups is 6. The lowest BCUT2D eigenvalue weighted by Gasteiger charge is -2.61. The van der Waals surface area contributed by atoms with E-state index >= 15 is 0 Å². The Morgan fingerprint density at radius 2 is 1.43 bits per heavy atom. The highest BCUT2D eigenvalue weighted by Gasteiger charge is 2.70. The van der Waals surface area contributed by atoms with Crippen molar-refractivity contribution in [3.8, 4) is 0 Å². The van der Waals surface area contributed by atoms with Crippen molar-refractivity contribution in [2.75, 3.05) is 6.61 Å². The summed E-state index contributed by atoms with van der Waals surface area (Å²) in [4.78, 5) is 81.5. The molecule has 336 valence electrons. The average molecular weight is 870 g/mol. The second-order valence-corrected chi connectivity index (χ2v) is 17.0. The van der Waals surface area contributed by atoms with Crippen LogP contribution in [-0.4, -0.2) is 105 Å². The fraction of sp³-hybridized carbons (Fsp3) is 0.458. The van der Waals surface area contributed by atoms with Crippen molar-refractivity contribution in [2.45, 2.75) is 121 Å². The maximum absolute atomic E-state index is 14.4. The van der Waals surface area contributed by atoms with E-state index in [2.05, 4.69) is 5.32 Å². The van der Waals surface area contributed by atoms with Crippen LogP contribution in [0.1, 0.15) is 99.5 Å². The van der Waals surface area contributed by atoms with Gasteiger partial charge in [-0.15, -0.1) is 0 Å². The molecule has 3 aliphatic rings. The average Bonchev–Trinajstić information content (AvgIpc) is 3.25. The molecule has 0 bridgehead atoms. The maximum Gasteiger partial charge on any atom is 0.338 e. The van der Waals surface area contributed by atoms with Gasteiger partial charge in [0.05, 0.1) is 24.3 Å². The minimum atomic E-state index is -2.40. The number of esters is 4. The van der Waals surface area contributed by atoms with Crippen LogP contribution in [0.3, 0.4) is 0 Å². The number of hydrogen-bond acceptors (Lipinski definition) is 14. The summed E-state index contributed by atoms with van der Waals surface area (Å²) in [5, 5.41) is 39.5. The summed E-state index contributed by atoms with van der Waals surface area (Å²) in [7, 11) is 0. The largest absolute Gasteiger partial charge is 0.456 e. The third-order valence-corrected chi connectivity index (χ3v) is 12.8. The quantitative estimate of drug-likeness (QED) is 0.0938. The van der Waals surface area contributed by atoms with E-state index in [9.17, 15) is 44.1 Å². The summed E-state index contributed by atoms with van der Waals surface area (Å²) in [5.74, 6) is -5.97. The number of amides is 1. The van der Waals surface area contributed by atoms with E-state index in [0.29, 0.717) is 5.56 Å². The first-order valence-electron chi connectivity index (χ1n) is 21.0. The molecule has 2 fully saturated rings. The Morgan fingerprint density at radius 1 is 0.841 bits per heavy atom. The van der Waals surface area contributed by atoms with Crippen molar-refractivity contribution in [3.63, 3.8) is 0 Å². The number of Topliss-reactive ketones (excluding diaryl/α,β-unsaturated/α-hetero) is 1. The van der Waals surface area contributed by atoms with Crippen molar-refractivity contribution >= 4 is 35.6 Å². The van der Waals surface area contributed by atoms with Gasteiger partial charge in [0, 0.05) is 50.0 Å². The number of ether oxygens (including phenoxy) is 5. The van der Waals surface area contributed by atoms with Crippen LogP contribution in [-0.2, 0) is 42.9 Å². The van der Waals surface area contributed by atoms with Gasteiger partial charge in [0.1, 0.15) is 23.9 Å². The first-order valence-corrected chi connectivity index (χ1v) is 21.0. The molecule has 1 saturated heterocycles. The van der Waals surface area contributed by atoms with Gasteiger partial charge in [-0.1, -0.05) is 87.5 Å². The number of aliphatic hydroxyl groups excluding tert-OH is 2. The molecule has 1 amide bonds. The Bertz CT molecular complexity index is 2210. The van der Waals surface area contributed by atoms with E-state index in [1.165, 1.54) is 26.0 Å². The van der Waals surface area contributed by atoms with Gasteiger partial charge >= 0.3 is 23.9 Å². The molecule has 0 spiro atoms. The van der Waals surface area contributed by atoms with Crippen molar-refractivity contribution in [1.82, 2.24) is 5.32 Å². The molecular formula is C48H55NO14. The minimum absolute atomic E-state index is 0.0302. The molecule has 63 heavy (non-hydrogen) atoms. The standard InChI is InChI=1S/C48H55NO14/c1-7-35(53)41(60-28(3)50)38-27(2)36(61-45(57)40(54)39(30-17-11-8-12-18-30)49-43(55)31-19-13-9-14-20-31)25-48(58,46(38,5)6)42(62-44(56)32-21-15-10-16-22-32)34-23-33(52)24-37-47(34,26-59-37)63-29(4)51/h8-22,33-34,36-37,39-42,52,54,58H,7,23-26H2,1-6H3,(H,49,55)/t33-,34-,36+,37-,39+,40-,41+,42+,47-,48-/m1/s1. The highest BCUT2D eigenvalue weighted by atomic mass is 16.6. The molecule has 3 aromatic rings. The van der Waals surface area contributed by atoms with E-state index < -0.39 is 107 Å². The van der Waals surface area contributed by atoms with Crippen molar-refractivity contribution < 1.29 is 67.8 Å². The smallest absolute Gasteiger partial charge is 0.338 e. The SMILES string of the molecule is CCC(=O)[C@H](OC(C)=O)C1=C(C)[C@@H](OC(=O)[C@H](O)[C@@H](NC(=O)c2ccccc2)c2ccccc2)C[C@@](O)([C@@H](OC(=O)c2ccccc2)[C@H]2C[C@@H](O)C[C@H]3OC[C@@]23OC(C)=O)C1(C)C. The molecule has 0 aromatic heterocycles. The Labute approximate surface area is 365 Å². The third kappa shape index (κ3) is 9.33. The van der Waals surface area contributed by atoms with Gasteiger partial charge in [-0.3, -0.25) is 19.2 Å². The third-order valence-electron chi connectivity index (χ3n) is 12.8. The van der Waals surface area contributed by atoms with Gasteiger partial charge in [0.25, 0.3) is 5.91 Å². The van der Waals surface area contributed by atoms with E-state index in [4.69, 9.17) is 23.7 Å². The van der Waals surface area contributed by atoms with E-state index in [1.807, 2.05) is 0 Å². The Balaban J connectivity index is 1.50. The van der Waals surface area contributed by atoms with Gasteiger partial charge in [-0.05, 0) is 54.3 Å². The molecule has 1 aliphatic heterocycles. The van der Waals surface area contributed by atoms with Crippen LogP contribution in [0.25, 0.3) is 0 Å². The van der Waals surface area contributed by atoms with Crippen LogP contribution >= 0.6 is 0 Å². The van der Waals surface area contributed by atoms with Crippen LogP contribution < -0.4 is 5.32 Å². The van der Waals surface area contributed by atoms with Gasteiger partial charge in [-0.25, -0.2) is 9.59 Å². The van der Waals surface area contributed by atoms with Crippen LogP contribution in [0.2, 0.25) is 0 Å². The highest BCUT2D eigenvalue weighted by Crippen LogP contribution is 2.58. The lowest BCUT2D eigenvalue weighted by Crippen LogP contribution is -2.75. The highest BCUT2D eigenvalue weighted by molar-refractivity contribution is 5.95. The zero-order valence-electron chi connectivity index (χ0n) is 36.1. The van der Waals surface area contributed by atoms with Crippen LogP contribution in [0.4, 0.5) is 0 Å². The molecule has 10 atom stereocenters. The summed E-state index contributed by atoms with van der Waals surface area (Å²) >= 11 is 0. The Morgan fingerprint density at radius 3 is 1.97 bits per heavy atom. The lowest BCUT2D eigenvalue weighted by atomic mass is 9.53. The summed E-state index contributed by atoms with van der Waals surface area (Å²) < 4.78 is 30.1. The minimum Gasteiger partial charge on any atom is -0.456 e. The number of rotatable bonds is 15. The molecule has 4 N–H and O–H groups in total. The van der Waals surface area contributed by atoms with Gasteiger partial charge in [0.15, 0.2) is 23.6 Å². The second-order valence-electron chi connectivity index (χ2n) is 17.0. The molecule has 15 nitrogen and oxygen atoms in total. The second kappa shape index (κ2) is 18.9. The lowest BCUT2D eigenvalue weighted by molar-refractivity contribution is -0.320. The first kappa shape index (κ1) is 46.8. The summed E-state index contributed by atoms with van der Waals surface area (Å²) in [5.41, 5.74) is -4.66. The predicted molar refractivity (Wildman–Crippen MR) is 224 cm³/mol. The summed E-state index contributed by atoms with van der Waals surface area (Å²) in [6.07, 6.45) is -9.57. The molecule has 1 heterocycles. The van der Waals surface area contributed by atoms with Crippen LogP contribution in [0, 0.1) is 11.3 Å². The molecular weight excluding hydrogens is 815 g/mol. The number of ketones is 1. The number of carbonyl (C=O) groups excluding carboxylic acids is 6. The molecule has 2 aliphatic carbocycles. The number of hydrogen-bond donors (Lipinski definition) is 4. The Hall–Kier alpha value is -5.74. The van der Waals surface area contributed by atoms with Crippen LogP contribution in [0.5, 0.6) is 0 Å². The maximum atomic E-state index is 14.4. The number of fused-ring (bicyclic) bond motifs is 1. The Kier molecular flexibility index (Phi) is 14.1. The van der Waals surface area contributed by atoms with Gasteiger partial charge in [-0.2, -0.15) is 0 Å². The van der Waals surface area contributed by atoms with Crippen molar-refractivity contribution in [2.24, 2.45) is 11.3 Å². The van der Waals surface area contributed by atoms with E-state index in [1.54, 1.807) is 99.6 Å². The van der Waals surface area contributed by atoms with E-state index in [-0.39, 0.29) is 48.1 Å². The molecule has 0 radical (unpaired) electrons. The molecule has 3 aromatic carbocycles. The number of aliphatic hydroxyl groups is 3. The fourth-order valence-corrected chi connectivity index (χ4v) is 9.43. The van der Waals surface area contributed by atoms with Crippen molar-refractivity contribution in [1.29, 1.82) is 0 Å². The fourth-order valence-electron chi connectivity index (χ4n) is 9.43. The zero-order valence-corrected chi connectivity index (χ0v) is 36.1. The zero-order chi connectivity index (χ0) is 45.9. The summed E-state index contributed by atoms with van der Waals surface area (Å²) in [6, 6.07) is 23.0.